The molecule has 0 aliphatic heterocycles. The minimum absolute atomic E-state index is 0.0694. The molecule has 0 saturated carbocycles. The Balaban J connectivity index is 1.54. The highest BCUT2D eigenvalue weighted by Crippen LogP contribution is 2.29. The van der Waals surface area contributed by atoms with Crippen LogP contribution in [0.4, 0.5) is 10.1 Å². The molecule has 9 heteroatoms. The second-order valence-corrected chi connectivity index (χ2v) is 8.16. The van der Waals surface area contributed by atoms with Crippen LogP contribution in [0.5, 0.6) is 0 Å². The topological polar surface area (TPSA) is 89.8 Å². The average molecular weight is 435 g/mol. The Kier molecular flexibility index (Phi) is 5.77. The highest BCUT2D eigenvalue weighted by atomic mass is 32.2. The number of nitrogens with zero attached hydrogens (tertiary/aromatic N) is 4. The third kappa shape index (κ3) is 4.46. The SMILES string of the molecule is CC(=O)c1cccc(NC(=O)C(C)Sc2ncnc3c2cnn3-c2ccc(F)cc2)c1. The van der Waals surface area contributed by atoms with Gasteiger partial charge in [-0.05, 0) is 50.2 Å². The summed E-state index contributed by atoms with van der Waals surface area (Å²) in [6.07, 6.45) is 3.04. The van der Waals surface area contributed by atoms with Crippen molar-refractivity contribution in [3.63, 3.8) is 0 Å². The summed E-state index contributed by atoms with van der Waals surface area (Å²) < 4.78 is 14.8. The number of Topliss-reactive ketones (excluding diaryl/α,β-unsaturated/α-hetero) is 1. The molecular formula is C22H18FN5O2S. The third-order valence-corrected chi connectivity index (χ3v) is 5.71. The van der Waals surface area contributed by atoms with Gasteiger partial charge in [-0.2, -0.15) is 5.10 Å². The fraction of sp³-hybridized carbons (Fsp3) is 0.136. The molecule has 0 fully saturated rings. The lowest BCUT2D eigenvalue weighted by atomic mass is 10.1. The van der Waals surface area contributed by atoms with E-state index in [0.717, 1.165) is 0 Å². The number of aromatic nitrogens is 4. The molecule has 0 bridgehead atoms. The molecule has 31 heavy (non-hydrogen) atoms. The molecule has 0 radical (unpaired) electrons. The van der Waals surface area contributed by atoms with Crippen molar-refractivity contribution in [2.75, 3.05) is 5.32 Å². The van der Waals surface area contributed by atoms with Gasteiger partial charge < -0.3 is 5.32 Å². The smallest absolute Gasteiger partial charge is 0.237 e. The zero-order valence-electron chi connectivity index (χ0n) is 16.7. The lowest BCUT2D eigenvalue weighted by molar-refractivity contribution is -0.115. The Morgan fingerprint density at radius 3 is 2.65 bits per heavy atom. The van der Waals surface area contributed by atoms with Crippen LogP contribution < -0.4 is 5.32 Å². The molecule has 2 aromatic carbocycles. The number of anilines is 1. The number of rotatable bonds is 6. The molecule has 4 aromatic rings. The number of ketones is 1. The minimum Gasteiger partial charge on any atom is -0.325 e. The first kappa shape index (κ1) is 20.7. The van der Waals surface area contributed by atoms with Gasteiger partial charge in [0.05, 0.1) is 22.5 Å². The third-order valence-electron chi connectivity index (χ3n) is 4.59. The molecule has 0 saturated heterocycles. The average Bonchev–Trinajstić information content (AvgIpc) is 3.19. The maximum absolute atomic E-state index is 13.2. The van der Waals surface area contributed by atoms with Crippen molar-refractivity contribution >= 4 is 40.2 Å². The van der Waals surface area contributed by atoms with Gasteiger partial charge in [-0.3, -0.25) is 9.59 Å². The number of thioether (sulfide) groups is 1. The zero-order valence-corrected chi connectivity index (χ0v) is 17.6. The van der Waals surface area contributed by atoms with E-state index in [0.29, 0.717) is 33.0 Å². The zero-order chi connectivity index (χ0) is 22.0. The van der Waals surface area contributed by atoms with Crippen LogP contribution in [-0.2, 0) is 4.79 Å². The van der Waals surface area contributed by atoms with E-state index in [9.17, 15) is 14.0 Å². The number of fused-ring (bicyclic) bond motifs is 1. The van der Waals surface area contributed by atoms with Crippen molar-refractivity contribution in [2.45, 2.75) is 24.1 Å². The predicted octanol–water partition coefficient (Wildman–Crippen LogP) is 4.28. The van der Waals surface area contributed by atoms with E-state index in [4.69, 9.17) is 0 Å². The Morgan fingerprint density at radius 1 is 1.13 bits per heavy atom. The van der Waals surface area contributed by atoms with Gasteiger partial charge in [0.25, 0.3) is 0 Å². The Morgan fingerprint density at radius 2 is 1.90 bits per heavy atom. The first-order valence-electron chi connectivity index (χ1n) is 9.45. The maximum Gasteiger partial charge on any atom is 0.237 e. The Labute approximate surface area is 181 Å². The summed E-state index contributed by atoms with van der Waals surface area (Å²) in [6, 6.07) is 12.7. The molecule has 7 nitrogen and oxygen atoms in total. The molecule has 0 spiro atoms. The van der Waals surface area contributed by atoms with Gasteiger partial charge in [0, 0.05) is 11.3 Å². The molecular weight excluding hydrogens is 417 g/mol. The molecule has 0 aliphatic rings. The van der Waals surface area contributed by atoms with Crippen molar-refractivity contribution < 1.29 is 14.0 Å². The van der Waals surface area contributed by atoms with Crippen molar-refractivity contribution in [1.29, 1.82) is 0 Å². The molecule has 1 unspecified atom stereocenters. The number of halogens is 1. The van der Waals surface area contributed by atoms with E-state index in [2.05, 4.69) is 20.4 Å². The van der Waals surface area contributed by atoms with Crippen LogP contribution in [0, 0.1) is 5.82 Å². The molecule has 2 heterocycles. The van der Waals surface area contributed by atoms with Gasteiger partial charge in [-0.15, -0.1) is 0 Å². The summed E-state index contributed by atoms with van der Waals surface area (Å²) >= 11 is 1.28. The molecule has 156 valence electrons. The fourth-order valence-electron chi connectivity index (χ4n) is 2.97. The van der Waals surface area contributed by atoms with E-state index < -0.39 is 5.25 Å². The number of carbonyl (C=O) groups excluding carboxylic acids is 2. The number of nitrogens with one attached hydrogen (secondary N) is 1. The highest BCUT2D eigenvalue weighted by molar-refractivity contribution is 8.00. The van der Waals surface area contributed by atoms with Crippen LogP contribution in [0.15, 0.2) is 66.1 Å². The second-order valence-electron chi connectivity index (χ2n) is 6.84. The van der Waals surface area contributed by atoms with Crippen LogP contribution in [-0.4, -0.2) is 36.7 Å². The summed E-state index contributed by atoms with van der Waals surface area (Å²) in [7, 11) is 0. The summed E-state index contributed by atoms with van der Waals surface area (Å²) in [5.41, 5.74) is 2.32. The predicted molar refractivity (Wildman–Crippen MR) is 117 cm³/mol. The quantitative estimate of drug-likeness (QED) is 0.276. The normalized spacial score (nSPS) is 12.0. The minimum atomic E-state index is -0.465. The summed E-state index contributed by atoms with van der Waals surface area (Å²) in [5.74, 6) is -0.622. The lowest BCUT2D eigenvalue weighted by Gasteiger charge is -2.12. The molecule has 0 aliphatic carbocycles. The maximum atomic E-state index is 13.2. The van der Waals surface area contributed by atoms with Crippen molar-refractivity contribution in [2.24, 2.45) is 0 Å². The first-order chi connectivity index (χ1) is 14.9. The van der Waals surface area contributed by atoms with E-state index in [-0.39, 0.29) is 17.5 Å². The largest absolute Gasteiger partial charge is 0.325 e. The molecule has 1 amide bonds. The number of amides is 1. The number of benzene rings is 2. The Bertz CT molecular complexity index is 1270. The van der Waals surface area contributed by atoms with Crippen molar-refractivity contribution in [1.82, 2.24) is 19.7 Å². The lowest BCUT2D eigenvalue weighted by Crippen LogP contribution is -2.22. The fourth-order valence-corrected chi connectivity index (χ4v) is 3.85. The number of hydrogen-bond acceptors (Lipinski definition) is 6. The Hall–Kier alpha value is -3.59. The van der Waals surface area contributed by atoms with Crippen LogP contribution in [0.25, 0.3) is 16.7 Å². The first-order valence-corrected chi connectivity index (χ1v) is 10.3. The van der Waals surface area contributed by atoms with Crippen LogP contribution in [0.1, 0.15) is 24.2 Å². The second kappa shape index (κ2) is 8.65. The molecule has 1 N–H and O–H groups in total. The van der Waals surface area contributed by atoms with E-state index in [1.807, 2.05) is 0 Å². The monoisotopic (exact) mass is 435 g/mol. The summed E-state index contributed by atoms with van der Waals surface area (Å²) in [4.78, 5) is 32.8. The number of hydrogen-bond donors (Lipinski definition) is 1. The van der Waals surface area contributed by atoms with E-state index in [1.165, 1.54) is 37.1 Å². The van der Waals surface area contributed by atoms with Gasteiger partial charge in [0.15, 0.2) is 11.4 Å². The van der Waals surface area contributed by atoms with E-state index in [1.54, 1.807) is 54.2 Å². The van der Waals surface area contributed by atoms with Crippen molar-refractivity contribution in [3.05, 3.63) is 72.4 Å². The van der Waals surface area contributed by atoms with Crippen LogP contribution >= 0.6 is 11.8 Å². The molecule has 1 atom stereocenters. The van der Waals surface area contributed by atoms with Gasteiger partial charge >= 0.3 is 0 Å². The van der Waals surface area contributed by atoms with E-state index >= 15 is 0 Å². The van der Waals surface area contributed by atoms with Crippen molar-refractivity contribution in [3.8, 4) is 5.69 Å². The standard InChI is InChI=1S/C22H18FN5O2S/c1-13(29)15-4-3-5-17(10-15)27-21(30)14(2)31-22-19-11-26-28(20(19)24-12-25-22)18-8-6-16(23)7-9-18/h3-12,14H,1-2H3,(H,27,30). The highest BCUT2D eigenvalue weighted by Gasteiger charge is 2.19. The molecule has 4 rings (SSSR count). The van der Waals surface area contributed by atoms with Gasteiger partial charge in [0.2, 0.25) is 5.91 Å². The van der Waals surface area contributed by atoms with Gasteiger partial charge in [0.1, 0.15) is 17.2 Å². The van der Waals surface area contributed by atoms with Gasteiger partial charge in [-0.25, -0.2) is 19.0 Å². The molecule has 2 aromatic heterocycles. The summed E-state index contributed by atoms with van der Waals surface area (Å²) in [5, 5.41) is 8.01. The van der Waals surface area contributed by atoms with Gasteiger partial charge in [-0.1, -0.05) is 23.9 Å². The summed E-state index contributed by atoms with van der Waals surface area (Å²) in [6.45, 7) is 3.25. The number of carbonyl (C=O) groups is 2. The van der Waals surface area contributed by atoms with Crippen LogP contribution in [0.2, 0.25) is 0 Å². The van der Waals surface area contributed by atoms with Crippen LogP contribution in [0.3, 0.4) is 0 Å².